The molecule has 1 aromatic rings. The second-order valence-electron chi connectivity index (χ2n) is 4.66. The van der Waals surface area contributed by atoms with Gasteiger partial charge in [-0.2, -0.15) is 0 Å². The van der Waals surface area contributed by atoms with Crippen LogP contribution in [0.25, 0.3) is 0 Å². The molecular formula is C12H18ClNOS. The molecule has 16 heavy (non-hydrogen) atoms. The quantitative estimate of drug-likeness (QED) is 0.824. The van der Waals surface area contributed by atoms with Crippen LogP contribution in [0.4, 0.5) is 0 Å². The third-order valence-corrected chi connectivity index (χ3v) is 4.34. The molecule has 0 bridgehead atoms. The number of hydrogen-bond donors (Lipinski definition) is 1. The molecule has 1 rings (SSSR count). The molecule has 0 spiro atoms. The summed E-state index contributed by atoms with van der Waals surface area (Å²) in [4.78, 5) is 14.3. The zero-order chi connectivity index (χ0) is 12.3. The van der Waals surface area contributed by atoms with Gasteiger partial charge in [0.05, 0.1) is 11.5 Å². The van der Waals surface area contributed by atoms with Crippen LogP contribution in [0.5, 0.6) is 0 Å². The highest BCUT2D eigenvalue weighted by Crippen LogP contribution is 2.24. The Hall–Kier alpha value is -0.540. The fourth-order valence-corrected chi connectivity index (χ4v) is 2.21. The van der Waals surface area contributed by atoms with E-state index in [-0.39, 0.29) is 11.9 Å². The number of hydrogen-bond acceptors (Lipinski definition) is 2. The van der Waals surface area contributed by atoms with Crippen molar-refractivity contribution in [2.75, 3.05) is 5.88 Å². The smallest absolute Gasteiger partial charge is 0.227 e. The highest BCUT2D eigenvalue weighted by molar-refractivity contribution is 7.12. The van der Waals surface area contributed by atoms with Gasteiger partial charge in [-0.15, -0.1) is 22.9 Å². The zero-order valence-electron chi connectivity index (χ0n) is 10.1. The monoisotopic (exact) mass is 259 g/mol. The molecule has 4 heteroatoms. The molecule has 1 atom stereocenters. The van der Waals surface area contributed by atoms with Crippen LogP contribution >= 0.6 is 22.9 Å². The molecule has 1 amide bonds. The van der Waals surface area contributed by atoms with E-state index in [2.05, 4.69) is 24.4 Å². The average molecular weight is 260 g/mol. The lowest BCUT2D eigenvalue weighted by atomic mass is 9.95. The Balaban J connectivity index is 2.65. The maximum absolute atomic E-state index is 11.9. The maximum atomic E-state index is 11.9. The Morgan fingerprint density at radius 3 is 2.62 bits per heavy atom. The minimum absolute atomic E-state index is 0.000975. The summed E-state index contributed by atoms with van der Waals surface area (Å²) in [6.07, 6.45) is 0. The summed E-state index contributed by atoms with van der Waals surface area (Å²) in [5.74, 6) is 0.329. The summed E-state index contributed by atoms with van der Waals surface area (Å²) in [6.45, 7) is 7.75. The summed E-state index contributed by atoms with van der Waals surface area (Å²) < 4.78 is 0. The maximum Gasteiger partial charge on any atom is 0.227 e. The number of thiophene rings is 1. The number of carbonyl (C=O) groups excluding carboxylic acids is 1. The summed E-state index contributed by atoms with van der Waals surface area (Å²) in [5.41, 5.74) is -0.512. The SMILES string of the molecule is Cc1ccc(C(C)NC(=O)C(C)(C)CCl)s1. The van der Waals surface area contributed by atoms with Gasteiger partial charge < -0.3 is 5.32 Å². The second kappa shape index (κ2) is 5.19. The van der Waals surface area contributed by atoms with E-state index in [1.54, 1.807) is 11.3 Å². The standard InChI is InChI=1S/C12H18ClNOS/c1-8-5-6-10(16-8)9(2)14-11(15)12(3,4)7-13/h5-6,9H,7H2,1-4H3,(H,14,15). The van der Waals surface area contributed by atoms with Crippen molar-refractivity contribution in [2.45, 2.75) is 33.7 Å². The van der Waals surface area contributed by atoms with Crippen LogP contribution in [0, 0.1) is 12.3 Å². The van der Waals surface area contributed by atoms with Crippen molar-refractivity contribution < 1.29 is 4.79 Å². The fraction of sp³-hybridized carbons (Fsp3) is 0.583. The molecule has 0 aromatic carbocycles. The van der Waals surface area contributed by atoms with Crippen molar-refractivity contribution in [2.24, 2.45) is 5.41 Å². The molecule has 0 radical (unpaired) electrons. The van der Waals surface area contributed by atoms with Gasteiger partial charge in [0.2, 0.25) is 5.91 Å². The van der Waals surface area contributed by atoms with Gasteiger partial charge in [0.25, 0.3) is 0 Å². The first-order chi connectivity index (χ1) is 7.36. The predicted octanol–water partition coefficient (Wildman–Crippen LogP) is 3.50. The van der Waals surface area contributed by atoms with Crippen molar-refractivity contribution in [3.8, 4) is 0 Å². The first kappa shape index (κ1) is 13.5. The topological polar surface area (TPSA) is 29.1 Å². The molecule has 90 valence electrons. The molecule has 0 saturated carbocycles. The molecule has 1 N–H and O–H groups in total. The van der Waals surface area contributed by atoms with Gasteiger partial charge in [-0.05, 0) is 39.8 Å². The molecule has 0 fully saturated rings. The van der Waals surface area contributed by atoms with Gasteiger partial charge in [0.1, 0.15) is 0 Å². The fourth-order valence-electron chi connectivity index (χ4n) is 1.21. The van der Waals surface area contributed by atoms with Gasteiger partial charge in [-0.25, -0.2) is 0 Å². The van der Waals surface area contributed by atoms with E-state index in [9.17, 15) is 4.79 Å². The molecule has 2 nitrogen and oxygen atoms in total. The molecular weight excluding hydrogens is 242 g/mol. The van der Waals surface area contributed by atoms with Crippen molar-refractivity contribution >= 4 is 28.8 Å². The number of nitrogens with one attached hydrogen (secondary N) is 1. The van der Waals surface area contributed by atoms with E-state index in [1.165, 1.54) is 9.75 Å². The number of carbonyl (C=O) groups is 1. The number of rotatable bonds is 4. The molecule has 0 saturated heterocycles. The first-order valence-corrected chi connectivity index (χ1v) is 6.65. The summed E-state index contributed by atoms with van der Waals surface area (Å²) in [7, 11) is 0. The summed E-state index contributed by atoms with van der Waals surface area (Å²) in [6, 6.07) is 4.17. The van der Waals surface area contributed by atoms with Crippen LogP contribution in [-0.4, -0.2) is 11.8 Å². The van der Waals surface area contributed by atoms with Crippen LogP contribution in [0.2, 0.25) is 0 Å². The highest BCUT2D eigenvalue weighted by Gasteiger charge is 2.27. The van der Waals surface area contributed by atoms with Crippen LogP contribution in [0.3, 0.4) is 0 Å². The second-order valence-corrected chi connectivity index (χ2v) is 6.25. The Morgan fingerprint density at radius 1 is 1.56 bits per heavy atom. The summed E-state index contributed by atoms with van der Waals surface area (Å²) in [5, 5.41) is 2.99. The largest absolute Gasteiger partial charge is 0.348 e. The summed E-state index contributed by atoms with van der Waals surface area (Å²) >= 11 is 7.47. The first-order valence-electron chi connectivity index (χ1n) is 5.30. The minimum Gasteiger partial charge on any atom is -0.348 e. The number of halogens is 1. The van der Waals surface area contributed by atoms with Gasteiger partial charge >= 0.3 is 0 Å². The number of aryl methyl sites for hydroxylation is 1. The van der Waals surface area contributed by atoms with E-state index >= 15 is 0 Å². The minimum atomic E-state index is -0.512. The van der Waals surface area contributed by atoms with E-state index < -0.39 is 5.41 Å². The zero-order valence-corrected chi connectivity index (χ0v) is 11.7. The predicted molar refractivity (Wildman–Crippen MR) is 70.1 cm³/mol. The van der Waals surface area contributed by atoms with Crippen LogP contribution in [0.1, 0.15) is 36.6 Å². The van der Waals surface area contributed by atoms with E-state index in [0.717, 1.165) is 0 Å². The van der Waals surface area contributed by atoms with Crippen LogP contribution < -0.4 is 5.32 Å². The van der Waals surface area contributed by atoms with Crippen LogP contribution in [-0.2, 0) is 4.79 Å². The molecule has 0 aliphatic carbocycles. The lowest BCUT2D eigenvalue weighted by Crippen LogP contribution is -2.39. The molecule has 1 aromatic heterocycles. The average Bonchev–Trinajstić information content (AvgIpc) is 2.64. The van der Waals surface area contributed by atoms with Crippen LogP contribution in [0.15, 0.2) is 12.1 Å². The van der Waals surface area contributed by atoms with Gasteiger partial charge in [0.15, 0.2) is 0 Å². The lowest BCUT2D eigenvalue weighted by Gasteiger charge is -2.23. The van der Waals surface area contributed by atoms with Gasteiger partial charge in [-0.3, -0.25) is 4.79 Å². The van der Waals surface area contributed by atoms with Gasteiger partial charge in [0, 0.05) is 15.6 Å². The van der Waals surface area contributed by atoms with Crippen molar-refractivity contribution in [1.29, 1.82) is 0 Å². The Kier molecular flexibility index (Phi) is 4.39. The molecule has 0 aliphatic heterocycles. The van der Waals surface area contributed by atoms with Crippen molar-refractivity contribution in [3.63, 3.8) is 0 Å². The Labute approximate surface area is 106 Å². The number of alkyl halides is 1. The number of amides is 1. The molecule has 0 aliphatic rings. The molecule has 1 unspecified atom stereocenters. The van der Waals surface area contributed by atoms with Crippen molar-refractivity contribution in [3.05, 3.63) is 21.9 Å². The third-order valence-electron chi connectivity index (χ3n) is 2.48. The normalized spacial score (nSPS) is 13.6. The Morgan fingerprint density at radius 2 is 2.19 bits per heavy atom. The van der Waals surface area contributed by atoms with E-state index in [4.69, 9.17) is 11.6 Å². The highest BCUT2D eigenvalue weighted by atomic mass is 35.5. The lowest BCUT2D eigenvalue weighted by molar-refractivity contribution is -0.128. The Bertz CT molecular complexity index is 373. The third kappa shape index (κ3) is 3.22. The molecule has 1 heterocycles. The van der Waals surface area contributed by atoms with Crippen molar-refractivity contribution in [1.82, 2.24) is 5.32 Å². The van der Waals surface area contributed by atoms with Gasteiger partial charge in [-0.1, -0.05) is 0 Å². The van der Waals surface area contributed by atoms with E-state index in [1.807, 2.05) is 20.8 Å². The van der Waals surface area contributed by atoms with E-state index in [0.29, 0.717) is 5.88 Å².